The highest BCUT2D eigenvalue weighted by Crippen LogP contribution is 2.24. The molecule has 3 N–H and O–H groups in total. The second kappa shape index (κ2) is 8.24. The van der Waals surface area contributed by atoms with E-state index in [1.807, 2.05) is 6.20 Å². The number of pyridine rings is 1. The lowest BCUT2D eigenvalue weighted by Gasteiger charge is -2.30. The van der Waals surface area contributed by atoms with Crippen LogP contribution in [0, 0.1) is 5.92 Å². The molecule has 136 valence electrons. The number of hydrogen-bond acceptors (Lipinski definition) is 5. The Morgan fingerprint density at radius 1 is 1.44 bits per heavy atom. The summed E-state index contributed by atoms with van der Waals surface area (Å²) in [6.07, 6.45) is 5.09. The topological polar surface area (TPSA) is 99.8 Å². The van der Waals surface area contributed by atoms with Gasteiger partial charge in [-0.25, -0.2) is 9.78 Å². The number of urea groups is 1. The highest BCUT2D eigenvalue weighted by molar-refractivity contribution is 7.81. The summed E-state index contributed by atoms with van der Waals surface area (Å²) in [5.41, 5.74) is 7.47. The van der Waals surface area contributed by atoms with Crippen LogP contribution in [-0.2, 0) is 11.2 Å². The predicted molar refractivity (Wildman–Crippen MR) is 99.4 cm³/mol. The number of carboxylic acids is 1. The van der Waals surface area contributed by atoms with Gasteiger partial charge >= 0.3 is 12.0 Å². The number of anilines is 1. The molecule has 8 heteroatoms. The third-order valence-corrected chi connectivity index (χ3v) is 4.91. The van der Waals surface area contributed by atoms with Gasteiger partial charge in [0.15, 0.2) is 0 Å². The minimum atomic E-state index is -0.876. The number of likely N-dealkylation sites (N-methyl/N-ethyl adjacent to an activating group) is 1. The Balaban J connectivity index is 1.97. The van der Waals surface area contributed by atoms with Crippen molar-refractivity contribution in [2.75, 3.05) is 26.4 Å². The minimum Gasteiger partial charge on any atom is -0.481 e. The van der Waals surface area contributed by atoms with E-state index in [2.05, 4.69) is 17.6 Å². The summed E-state index contributed by atoms with van der Waals surface area (Å²) in [7, 11) is 3.46. The summed E-state index contributed by atoms with van der Waals surface area (Å²) >= 11 is 4.53. The summed E-state index contributed by atoms with van der Waals surface area (Å²) in [4.78, 5) is 30.6. The summed E-state index contributed by atoms with van der Waals surface area (Å²) in [6.45, 7) is 0.559. The van der Waals surface area contributed by atoms with Crippen LogP contribution < -0.4 is 5.73 Å². The maximum absolute atomic E-state index is 11.7. The third-order valence-electron chi connectivity index (χ3n) is 4.29. The molecule has 0 saturated carbocycles. The lowest BCUT2D eigenvalue weighted by molar-refractivity contribution is -0.141. The monoisotopic (exact) mass is 364 g/mol. The van der Waals surface area contributed by atoms with E-state index in [1.165, 1.54) is 0 Å². The molecule has 0 radical (unpaired) electrons. The van der Waals surface area contributed by atoms with Crippen LogP contribution in [0.2, 0.25) is 0 Å². The van der Waals surface area contributed by atoms with Crippen LogP contribution in [0.4, 0.5) is 10.6 Å². The molecule has 0 fully saturated rings. The SMILES string of the molecule is CN1C=C(CCC(S)C(Cc2ccc(N)nc2)C(=O)O)CN(C)C1=O. The van der Waals surface area contributed by atoms with Crippen LogP contribution in [0.25, 0.3) is 0 Å². The van der Waals surface area contributed by atoms with Crippen molar-refractivity contribution in [2.24, 2.45) is 5.92 Å². The molecule has 0 aliphatic carbocycles. The van der Waals surface area contributed by atoms with Gasteiger partial charge in [0.05, 0.1) is 5.92 Å². The standard InChI is InChI=1S/C17H24N4O3S/c1-20-9-12(10-21(2)17(20)24)3-5-14(25)13(16(22)23)7-11-4-6-15(18)19-8-11/h4,6,8-9,13-14,25H,3,5,7,10H2,1-2H3,(H2,18,19)(H,22,23). The van der Waals surface area contributed by atoms with Crippen molar-refractivity contribution in [3.05, 3.63) is 35.7 Å². The fourth-order valence-corrected chi connectivity index (χ4v) is 3.25. The highest BCUT2D eigenvalue weighted by atomic mass is 32.1. The van der Waals surface area contributed by atoms with Gasteiger partial charge in [0.25, 0.3) is 0 Å². The maximum Gasteiger partial charge on any atom is 0.323 e. The van der Waals surface area contributed by atoms with E-state index in [1.54, 1.807) is 42.2 Å². The predicted octanol–water partition coefficient (Wildman–Crippen LogP) is 1.87. The normalized spacial score (nSPS) is 17.2. The van der Waals surface area contributed by atoms with Gasteiger partial charge in [0, 0.05) is 38.3 Å². The van der Waals surface area contributed by atoms with Crippen molar-refractivity contribution in [2.45, 2.75) is 24.5 Å². The zero-order valence-electron chi connectivity index (χ0n) is 14.4. The zero-order valence-corrected chi connectivity index (χ0v) is 15.3. The molecule has 0 spiro atoms. The van der Waals surface area contributed by atoms with E-state index in [-0.39, 0.29) is 11.3 Å². The van der Waals surface area contributed by atoms with Gasteiger partial charge in [-0.05, 0) is 36.5 Å². The van der Waals surface area contributed by atoms with Gasteiger partial charge in [0.1, 0.15) is 5.82 Å². The number of nitrogens with two attached hydrogens (primary N) is 1. The van der Waals surface area contributed by atoms with E-state index < -0.39 is 11.9 Å². The molecule has 2 atom stereocenters. The van der Waals surface area contributed by atoms with E-state index in [9.17, 15) is 14.7 Å². The molecule has 0 saturated heterocycles. The average molecular weight is 364 g/mol. The summed E-state index contributed by atoms with van der Waals surface area (Å²) in [5.74, 6) is -1.08. The second-order valence-corrected chi connectivity index (χ2v) is 7.05. The molecule has 2 unspecified atom stereocenters. The molecular formula is C17H24N4O3S. The van der Waals surface area contributed by atoms with Crippen LogP contribution in [-0.4, -0.2) is 57.8 Å². The Morgan fingerprint density at radius 3 is 2.72 bits per heavy atom. The molecule has 25 heavy (non-hydrogen) atoms. The Labute approximate surface area is 152 Å². The average Bonchev–Trinajstić information content (AvgIpc) is 2.56. The quantitative estimate of drug-likeness (QED) is 0.642. The molecule has 7 nitrogen and oxygen atoms in total. The largest absolute Gasteiger partial charge is 0.481 e. The zero-order chi connectivity index (χ0) is 18.6. The Hall–Kier alpha value is -2.22. The lowest BCUT2D eigenvalue weighted by atomic mass is 9.93. The molecule has 2 heterocycles. The van der Waals surface area contributed by atoms with Crippen LogP contribution in [0.3, 0.4) is 0 Å². The smallest absolute Gasteiger partial charge is 0.323 e. The molecule has 2 rings (SSSR count). The van der Waals surface area contributed by atoms with Gasteiger partial charge in [-0.15, -0.1) is 0 Å². The van der Waals surface area contributed by atoms with Crippen molar-refractivity contribution in [1.29, 1.82) is 0 Å². The first-order valence-electron chi connectivity index (χ1n) is 8.06. The molecule has 0 bridgehead atoms. The van der Waals surface area contributed by atoms with Crippen molar-refractivity contribution < 1.29 is 14.7 Å². The number of nitrogen functional groups attached to an aromatic ring is 1. The summed E-state index contributed by atoms with van der Waals surface area (Å²) in [6, 6.07) is 3.40. The van der Waals surface area contributed by atoms with Crippen molar-refractivity contribution in [1.82, 2.24) is 14.8 Å². The van der Waals surface area contributed by atoms with E-state index in [0.717, 1.165) is 11.1 Å². The van der Waals surface area contributed by atoms with Crippen molar-refractivity contribution in [3.63, 3.8) is 0 Å². The highest BCUT2D eigenvalue weighted by Gasteiger charge is 2.27. The number of carbonyl (C=O) groups is 2. The first-order chi connectivity index (χ1) is 11.8. The third kappa shape index (κ3) is 5.12. The van der Waals surface area contributed by atoms with Gasteiger partial charge in [-0.3, -0.25) is 4.79 Å². The van der Waals surface area contributed by atoms with Gasteiger partial charge in [-0.1, -0.05) is 6.07 Å². The fourth-order valence-electron chi connectivity index (χ4n) is 2.89. The van der Waals surface area contributed by atoms with E-state index in [0.29, 0.717) is 31.6 Å². The first-order valence-corrected chi connectivity index (χ1v) is 8.58. The van der Waals surface area contributed by atoms with Crippen molar-refractivity contribution >= 4 is 30.4 Å². The van der Waals surface area contributed by atoms with Gasteiger partial charge in [-0.2, -0.15) is 12.6 Å². The number of aliphatic carboxylic acids is 1. The number of carboxylic acid groups (broad SMARTS) is 1. The molecule has 1 aromatic heterocycles. The Bertz CT molecular complexity index is 662. The first kappa shape index (κ1) is 19.1. The molecule has 0 aromatic carbocycles. The van der Waals surface area contributed by atoms with Crippen LogP contribution >= 0.6 is 12.6 Å². The second-order valence-electron chi connectivity index (χ2n) is 6.38. The summed E-state index contributed by atoms with van der Waals surface area (Å²) < 4.78 is 0. The molecular weight excluding hydrogens is 340 g/mol. The Morgan fingerprint density at radius 2 is 2.16 bits per heavy atom. The number of aromatic nitrogens is 1. The summed E-state index contributed by atoms with van der Waals surface area (Å²) in [5, 5.41) is 9.24. The molecule has 1 aromatic rings. The van der Waals surface area contributed by atoms with Gasteiger partial charge < -0.3 is 20.6 Å². The Kier molecular flexibility index (Phi) is 6.30. The maximum atomic E-state index is 11.7. The lowest BCUT2D eigenvalue weighted by Crippen LogP contribution is -2.41. The molecule has 1 aliphatic rings. The van der Waals surface area contributed by atoms with E-state index >= 15 is 0 Å². The number of nitrogens with zero attached hydrogens (tertiary/aromatic N) is 3. The van der Waals surface area contributed by atoms with Crippen LogP contribution in [0.1, 0.15) is 18.4 Å². The molecule has 1 aliphatic heterocycles. The van der Waals surface area contributed by atoms with E-state index in [4.69, 9.17) is 5.73 Å². The van der Waals surface area contributed by atoms with Crippen LogP contribution in [0.15, 0.2) is 30.1 Å². The number of amides is 2. The number of thiol groups is 1. The fraction of sp³-hybridized carbons (Fsp3) is 0.471. The van der Waals surface area contributed by atoms with Crippen LogP contribution in [0.5, 0.6) is 0 Å². The number of rotatable bonds is 7. The minimum absolute atomic E-state index is 0.0505. The number of carbonyl (C=O) groups excluding carboxylic acids is 1. The van der Waals surface area contributed by atoms with Crippen molar-refractivity contribution in [3.8, 4) is 0 Å². The molecule has 2 amide bonds. The number of hydrogen-bond donors (Lipinski definition) is 3. The van der Waals surface area contributed by atoms with Gasteiger partial charge in [0.2, 0.25) is 0 Å².